The molecule has 0 saturated carbocycles. The number of halogens is 5. The predicted molar refractivity (Wildman–Crippen MR) is 348 cm³/mol. The van der Waals surface area contributed by atoms with Crippen molar-refractivity contribution in [3.8, 4) is 11.8 Å². The molecular formula is C57H41Cl3F2N26O13. The molecule has 0 aliphatic heterocycles. The first-order valence-electron chi connectivity index (χ1n) is 27.4. The van der Waals surface area contributed by atoms with Crippen LogP contribution in [0.25, 0.3) is 33.8 Å². The second kappa shape index (κ2) is 30.7. The summed E-state index contributed by atoms with van der Waals surface area (Å²) in [5.41, 5.74) is 19.0. The minimum atomic E-state index is -1.30. The highest BCUT2D eigenvalue weighted by Crippen LogP contribution is 2.32. The van der Waals surface area contributed by atoms with E-state index in [9.17, 15) is 52.2 Å². The quantitative estimate of drug-likeness (QED) is 0.0496. The number of methoxy groups -OCH3 is 4. The van der Waals surface area contributed by atoms with Gasteiger partial charge in [0.05, 0.1) is 135 Å². The fourth-order valence-electron chi connectivity index (χ4n) is 8.40. The summed E-state index contributed by atoms with van der Waals surface area (Å²) in [6, 6.07) is 18.0. The molecule has 101 heavy (non-hydrogen) atoms. The average molecular weight is 1440 g/mol. The average Bonchev–Trinajstić information content (AvgIpc) is 1.80. The number of tetrazole rings is 3. The molecule has 8 heterocycles. The summed E-state index contributed by atoms with van der Waals surface area (Å²) in [6.45, 7) is 3.14. The van der Waals surface area contributed by atoms with Crippen LogP contribution in [0.4, 0.5) is 48.6 Å². The predicted octanol–water partition coefficient (Wildman–Crippen LogP) is 5.25. The Balaban J connectivity index is 0.000000157. The zero-order valence-corrected chi connectivity index (χ0v) is 53.7. The molecule has 0 aliphatic carbocycles. The number of rotatable bonds is 14. The van der Waals surface area contributed by atoms with Gasteiger partial charge < -0.3 is 67.5 Å². The van der Waals surface area contributed by atoms with Crippen molar-refractivity contribution in [2.45, 2.75) is 0 Å². The number of carboxylic acid groups (broad SMARTS) is 1. The summed E-state index contributed by atoms with van der Waals surface area (Å²) >= 11 is 17.8. The number of nitrogens with one attached hydrogen (secondary N) is 5. The number of imidazole rings is 1. The molecule has 12 aromatic rings. The van der Waals surface area contributed by atoms with Gasteiger partial charge in [0.15, 0.2) is 28.6 Å². The molecule has 0 spiro atoms. The molecule has 0 atom stereocenters. The van der Waals surface area contributed by atoms with Crippen LogP contribution in [0, 0.1) is 17.1 Å². The van der Waals surface area contributed by atoms with Crippen molar-refractivity contribution in [1.82, 2.24) is 90.7 Å². The Morgan fingerprint density at radius 3 is 1.64 bits per heavy atom. The summed E-state index contributed by atoms with van der Waals surface area (Å²) in [7, 11) is 4.77. The summed E-state index contributed by atoms with van der Waals surface area (Å²) in [5, 5.41) is 72.0. The van der Waals surface area contributed by atoms with Gasteiger partial charge in [-0.15, -0.1) is 44.5 Å². The highest BCUT2D eigenvalue weighted by molar-refractivity contribution is 6.42. The van der Waals surface area contributed by atoms with Crippen LogP contribution < -0.4 is 43.2 Å². The minimum Gasteiger partial charge on any atom is -0.494 e. The molecule has 0 saturated heterocycles. The molecule has 4 aromatic carbocycles. The molecule has 512 valence electrons. The topological polar surface area (TPSA) is 553 Å². The van der Waals surface area contributed by atoms with E-state index >= 15 is 0 Å². The number of hydrogen-bond donors (Lipinski definition) is 9. The first-order chi connectivity index (χ1) is 48.2. The Morgan fingerprint density at radius 1 is 0.584 bits per heavy atom. The van der Waals surface area contributed by atoms with Gasteiger partial charge in [-0.2, -0.15) is 5.26 Å². The Morgan fingerprint density at radius 2 is 1.09 bits per heavy atom. The van der Waals surface area contributed by atoms with Crippen molar-refractivity contribution in [2.24, 2.45) is 0 Å². The monoisotopic (exact) mass is 1440 g/mol. The lowest BCUT2D eigenvalue weighted by atomic mass is 10.1. The van der Waals surface area contributed by atoms with Gasteiger partial charge in [0.1, 0.15) is 17.6 Å². The number of benzene rings is 4. The molecule has 0 radical (unpaired) electrons. The van der Waals surface area contributed by atoms with E-state index < -0.39 is 59.2 Å². The molecule has 0 aliphatic rings. The van der Waals surface area contributed by atoms with Crippen LogP contribution in [0.15, 0.2) is 98.0 Å². The smallest absolute Gasteiger partial charge is 0.340 e. The third-order valence-electron chi connectivity index (χ3n) is 13.2. The van der Waals surface area contributed by atoms with E-state index in [1.54, 1.807) is 0 Å². The third kappa shape index (κ3) is 16.1. The minimum absolute atomic E-state index is 0.0117. The van der Waals surface area contributed by atoms with E-state index in [1.807, 2.05) is 6.07 Å². The number of pyridine rings is 1. The standard InChI is InChI=1S/C16H10ClN5O3.C14H12FN7O4.C14H10FN7O3.C13H9Cl2N7O3/c1-25-16(24)9-2-8(5-18)10(17)3-11(9)22-15(23)13-4-12-14(6-19-13)21-7-20-12;1-25-11-5-9(6(3-7(11)15)14(24)26-2)17-13(23)10-4-8(16)12-18-20-21-22(12)19-10;1-6(15)7-2-3-8(14(24)25)10(4-7)17-13(23)11-5-9(16)12-18-20-21-22(12)19-11;1-25-13(24)5-2-6(14)7(15)3-9(5)17-12(23)11-8(16)4-10-18-20-21-22(10)19-11/h2-4,6-7H,1H3,(H,20,21)(H,22,23);3-5H,16H2,1-2H3,(H,17,23);2-5H,1,16H2,(H,17,23)(H,24,25);2-4H,16H2,1H3,(H,17,23). The van der Waals surface area contributed by atoms with Crippen molar-refractivity contribution in [2.75, 3.05) is 66.9 Å². The number of aromatic nitrogens is 18. The van der Waals surface area contributed by atoms with Crippen molar-refractivity contribution in [1.29, 1.82) is 5.26 Å². The number of nitrogens with zero attached hydrogens (tertiary/aromatic N) is 18. The van der Waals surface area contributed by atoms with Gasteiger partial charge in [0.2, 0.25) is 16.9 Å². The number of ether oxygens (including phenoxy) is 4. The van der Waals surface area contributed by atoms with Crippen molar-refractivity contribution < 1.29 is 71.2 Å². The molecule has 12 rings (SSSR count). The van der Waals surface area contributed by atoms with Crippen molar-refractivity contribution in [3.63, 3.8) is 0 Å². The number of carbonyl (C=O) groups is 8. The van der Waals surface area contributed by atoms with Crippen molar-refractivity contribution in [3.05, 3.63) is 175 Å². The SMILES string of the molecule is C=C(F)c1ccc(C(=O)O)c(NC(=O)c2cc(N)c3nnnn3n2)c1.COC(=O)c1cc(C#N)c(Cl)cc1NC(=O)c1cc2nc[nH]c2cn1.COC(=O)c1cc(Cl)c(Cl)cc1NC(=O)c1nn2nnnc2cc1N.COC(=O)c1cc(F)c(OC)cc1NC(=O)c1cc(N)c2nnnn2n1. The van der Waals surface area contributed by atoms with Crippen LogP contribution in [0.5, 0.6) is 5.75 Å². The Hall–Kier alpha value is -14.1. The van der Waals surface area contributed by atoms with E-state index in [1.165, 1.54) is 88.5 Å². The highest BCUT2D eigenvalue weighted by atomic mass is 35.5. The Bertz CT molecular complexity index is 5410. The number of aromatic carboxylic acids is 1. The Labute approximate surface area is 574 Å². The molecule has 0 bridgehead atoms. The molecule has 0 fully saturated rings. The molecule has 39 nitrogen and oxygen atoms in total. The summed E-state index contributed by atoms with van der Waals surface area (Å²) < 4.78 is 49.0. The maximum absolute atomic E-state index is 13.9. The number of H-pyrrole nitrogens is 1. The molecule has 12 N–H and O–H groups in total. The summed E-state index contributed by atoms with van der Waals surface area (Å²) in [4.78, 5) is 108. The highest BCUT2D eigenvalue weighted by Gasteiger charge is 2.25. The van der Waals surface area contributed by atoms with Crippen LogP contribution in [0.3, 0.4) is 0 Å². The number of anilines is 7. The molecule has 8 aromatic heterocycles. The number of carbonyl (C=O) groups excluding carboxylic acids is 7. The van der Waals surface area contributed by atoms with Gasteiger partial charge in [0, 0.05) is 17.7 Å². The van der Waals surface area contributed by atoms with Crippen LogP contribution in [-0.4, -0.2) is 172 Å². The summed E-state index contributed by atoms with van der Waals surface area (Å²) in [6.07, 6.45) is 2.97. The largest absolute Gasteiger partial charge is 0.494 e. The number of nitrogen functional groups attached to an aromatic ring is 3. The number of nitrogens with two attached hydrogens (primary N) is 3. The lowest BCUT2D eigenvalue weighted by molar-refractivity contribution is 0.0592. The normalized spacial score (nSPS) is 10.5. The van der Waals surface area contributed by atoms with Crippen LogP contribution in [-0.2, 0) is 14.2 Å². The van der Waals surface area contributed by atoms with Crippen LogP contribution in [0.1, 0.15) is 94.5 Å². The number of aromatic amines is 1. The first kappa shape index (κ1) is 71.2. The molecule has 44 heteroatoms. The van der Waals surface area contributed by atoms with E-state index in [4.69, 9.17) is 62.0 Å². The van der Waals surface area contributed by atoms with E-state index in [-0.39, 0.29) is 134 Å². The summed E-state index contributed by atoms with van der Waals surface area (Å²) in [5.74, 6) is -8.04. The number of nitriles is 1. The van der Waals surface area contributed by atoms with Gasteiger partial charge in [0.25, 0.3) is 23.6 Å². The number of amides is 4. The fourth-order valence-corrected chi connectivity index (χ4v) is 8.93. The van der Waals surface area contributed by atoms with Crippen molar-refractivity contribution >= 4 is 156 Å². The maximum atomic E-state index is 13.9. The molecule has 0 unspecified atom stereocenters. The van der Waals surface area contributed by atoms with Gasteiger partial charge in [-0.3, -0.25) is 19.2 Å². The van der Waals surface area contributed by atoms with Gasteiger partial charge in [-0.1, -0.05) is 47.4 Å². The number of fused-ring (bicyclic) bond motifs is 4. The maximum Gasteiger partial charge on any atom is 0.340 e. The third-order valence-corrected chi connectivity index (χ3v) is 14.2. The molecule has 4 amide bonds. The van der Waals surface area contributed by atoms with Crippen LogP contribution in [0.2, 0.25) is 15.1 Å². The zero-order valence-electron chi connectivity index (χ0n) is 51.4. The second-order valence-electron chi connectivity index (χ2n) is 19.5. The molecular weight excluding hydrogens is 1400 g/mol. The first-order valence-corrected chi connectivity index (χ1v) is 28.5. The second-order valence-corrected chi connectivity index (χ2v) is 20.7. The van der Waals surface area contributed by atoms with Gasteiger partial charge in [-0.25, -0.2) is 37.9 Å². The van der Waals surface area contributed by atoms with Gasteiger partial charge >= 0.3 is 23.9 Å². The van der Waals surface area contributed by atoms with E-state index in [0.29, 0.717) is 11.0 Å². The van der Waals surface area contributed by atoms with Crippen LogP contribution >= 0.6 is 34.8 Å². The van der Waals surface area contributed by atoms with E-state index in [0.717, 1.165) is 45.3 Å². The Kier molecular flexibility index (Phi) is 21.6. The number of hydrogen-bond acceptors (Lipinski definition) is 30. The van der Waals surface area contributed by atoms with E-state index in [2.05, 4.69) is 119 Å². The number of esters is 3. The lowest BCUT2D eigenvalue weighted by Crippen LogP contribution is -2.20. The van der Waals surface area contributed by atoms with Gasteiger partial charge in [-0.05, 0) is 91.9 Å². The fraction of sp³-hybridized carbons (Fsp3) is 0.0702. The number of carboxylic acids is 1. The zero-order chi connectivity index (χ0) is 73.1. The lowest BCUT2D eigenvalue weighted by Gasteiger charge is -2.12.